The molecule has 0 aliphatic heterocycles. The Bertz CT molecular complexity index is 1240. The van der Waals surface area contributed by atoms with Gasteiger partial charge in [0.15, 0.2) is 15.4 Å². The topological polar surface area (TPSA) is 119 Å². The smallest absolute Gasteiger partial charge is 0.416 e. The Morgan fingerprint density at radius 2 is 1.74 bits per heavy atom. The van der Waals surface area contributed by atoms with Crippen LogP contribution in [0.5, 0.6) is 0 Å². The van der Waals surface area contributed by atoms with E-state index in [4.69, 9.17) is 4.74 Å². The molecule has 2 rings (SSSR count). The largest absolute Gasteiger partial charge is 0.450 e. The fourth-order valence-corrected chi connectivity index (χ4v) is 5.49. The van der Waals surface area contributed by atoms with E-state index in [1.165, 1.54) is 20.9 Å². The van der Waals surface area contributed by atoms with E-state index >= 15 is 0 Å². The lowest BCUT2D eigenvalue weighted by Gasteiger charge is -2.23. The number of thiophene rings is 1. The van der Waals surface area contributed by atoms with Crippen molar-refractivity contribution in [1.29, 1.82) is 0 Å². The highest BCUT2D eigenvalue weighted by atomic mass is 32.2. The molecule has 0 saturated carbocycles. The number of carbonyl (C=O) groups excluding carboxylic acids is 3. The van der Waals surface area contributed by atoms with Crippen molar-refractivity contribution < 1.29 is 45.1 Å². The van der Waals surface area contributed by atoms with Gasteiger partial charge in [-0.2, -0.15) is 13.2 Å². The molecular weight excluding hydrogens is 504 g/mol. The zero-order chi connectivity index (χ0) is 26.1. The lowest BCUT2D eigenvalue weighted by molar-refractivity contribution is -0.160. The summed E-state index contributed by atoms with van der Waals surface area (Å²) in [4.78, 5) is 36.0. The van der Waals surface area contributed by atoms with E-state index in [0.717, 1.165) is 13.0 Å². The minimum atomic E-state index is -4.80. The molecule has 2 N–H and O–H groups in total. The molecule has 2 amide bonds. The Morgan fingerprint density at radius 1 is 1.12 bits per heavy atom. The van der Waals surface area contributed by atoms with Crippen LogP contribution in [-0.2, 0) is 36.1 Å². The summed E-state index contributed by atoms with van der Waals surface area (Å²) in [7, 11) is -3.07. The molecule has 0 bridgehead atoms. The number of sulfone groups is 1. The van der Waals surface area contributed by atoms with Gasteiger partial charge < -0.3 is 15.4 Å². The Hall–Kier alpha value is -3.00. The van der Waals surface area contributed by atoms with Crippen molar-refractivity contribution in [2.24, 2.45) is 0 Å². The van der Waals surface area contributed by atoms with Crippen LogP contribution in [-0.4, -0.2) is 38.9 Å². The average molecular weight is 525 g/mol. The first-order valence-corrected chi connectivity index (χ1v) is 11.9. The third-order valence-corrected chi connectivity index (χ3v) is 7.67. The molecule has 186 valence electrons. The summed E-state index contributed by atoms with van der Waals surface area (Å²) < 4.78 is 82.5. The van der Waals surface area contributed by atoms with Crippen molar-refractivity contribution >= 4 is 44.0 Å². The maximum Gasteiger partial charge on any atom is 0.416 e. The number of ether oxygens (including phenoxy) is 1. The first-order chi connectivity index (χ1) is 15.5. The van der Waals surface area contributed by atoms with E-state index in [1.54, 1.807) is 0 Å². The molecule has 0 unspecified atom stereocenters. The van der Waals surface area contributed by atoms with Crippen molar-refractivity contribution in [3.8, 4) is 0 Å². The number of halogens is 4. The number of nitrogens with one attached hydrogen (secondary N) is 2. The van der Waals surface area contributed by atoms with Gasteiger partial charge in [0.25, 0.3) is 11.8 Å². The molecule has 1 aromatic heterocycles. The number of esters is 1. The third kappa shape index (κ3) is 6.32. The Labute approximate surface area is 196 Å². The number of benzene rings is 1. The summed E-state index contributed by atoms with van der Waals surface area (Å²) in [5, 5.41) is 4.44. The second-order valence-electron chi connectivity index (χ2n) is 7.51. The van der Waals surface area contributed by atoms with Crippen molar-refractivity contribution in [1.82, 2.24) is 5.32 Å². The van der Waals surface area contributed by atoms with Crippen LogP contribution in [0.15, 0.2) is 28.5 Å². The van der Waals surface area contributed by atoms with Gasteiger partial charge in [-0.1, -0.05) is 6.07 Å². The fraction of sp³-hybridized carbons (Fsp3) is 0.350. The predicted molar refractivity (Wildman–Crippen MR) is 114 cm³/mol. The molecule has 0 aliphatic rings. The molecule has 8 nitrogen and oxygen atoms in total. The number of anilines is 1. The molecule has 2 aromatic rings. The second kappa shape index (κ2) is 9.70. The Morgan fingerprint density at radius 3 is 2.24 bits per heavy atom. The van der Waals surface area contributed by atoms with Crippen molar-refractivity contribution in [3.05, 3.63) is 46.8 Å². The summed E-state index contributed by atoms with van der Waals surface area (Å²) in [5.41, 5.74) is -3.67. The monoisotopic (exact) mass is 524 g/mol. The minimum absolute atomic E-state index is 0.184. The summed E-state index contributed by atoms with van der Waals surface area (Å²) >= 11 is 0.482. The number of rotatable bonds is 7. The molecule has 34 heavy (non-hydrogen) atoms. The quantitative estimate of drug-likeness (QED) is 0.423. The third-order valence-electron chi connectivity index (χ3n) is 4.39. The molecular formula is C20H20F4N2O6S2. The summed E-state index contributed by atoms with van der Waals surface area (Å²) in [6.07, 6.45) is -4.80. The average Bonchev–Trinajstić information content (AvgIpc) is 3.11. The number of amides is 2. The predicted octanol–water partition coefficient (Wildman–Crippen LogP) is 3.52. The van der Waals surface area contributed by atoms with Crippen LogP contribution in [0.4, 0.5) is 22.6 Å². The molecule has 0 spiro atoms. The summed E-state index contributed by atoms with van der Waals surface area (Å²) in [6, 6.07) is 2.42. The highest BCUT2D eigenvalue weighted by molar-refractivity contribution is 7.92. The Balaban J connectivity index is 2.42. The number of alkyl halides is 3. The van der Waals surface area contributed by atoms with Gasteiger partial charge in [-0.15, -0.1) is 11.3 Å². The molecule has 0 aliphatic carbocycles. The van der Waals surface area contributed by atoms with E-state index in [1.807, 2.05) is 0 Å². The van der Waals surface area contributed by atoms with Crippen LogP contribution < -0.4 is 10.6 Å². The lowest BCUT2D eigenvalue weighted by Crippen LogP contribution is -2.41. The van der Waals surface area contributed by atoms with Crippen LogP contribution in [0.2, 0.25) is 0 Å². The summed E-state index contributed by atoms with van der Waals surface area (Å²) in [5.74, 6) is -4.71. The van der Waals surface area contributed by atoms with E-state index in [-0.39, 0.29) is 16.6 Å². The van der Waals surface area contributed by atoms with Gasteiger partial charge in [0.1, 0.15) is 15.0 Å². The van der Waals surface area contributed by atoms with Crippen molar-refractivity contribution in [2.75, 3.05) is 12.4 Å². The standard InChI is InChI=1S/C20H20F4N2O6S2/c1-10(27)32-19(2,3)18(29)26-17-13(16(28)25-4)8-15(33-17)34(30,31)9-11-5-6-12(7-14(11)21)20(22,23)24/h5-8H,9H2,1-4H3,(H,25,28)(H,26,29). The van der Waals surface area contributed by atoms with Crippen LogP contribution in [0.3, 0.4) is 0 Å². The second-order valence-corrected chi connectivity index (χ2v) is 10.8. The number of carbonyl (C=O) groups is 3. The van der Waals surface area contributed by atoms with Crippen molar-refractivity contribution in [3.63, 3.8) is 0 Å². The number of hydrogen-bond acceptors (Lipinski definition) is 7. The zero-order valence-electron chi connectivity index (χ0n) is 18.3. The molecule has 0 radical (unpaired) electrons. The minimum Gasteiger partial charge on any atom is -0.450 e. The molecule has 0 atom stereocenters. The van der Waals surface area contributed by atoms with E-state index in [9.17, 15) is 40.4 Å². The van der Waals surface area contributed by atoms with Gasteiger partial charge in [-0.3, -0.25) is 14.4 Å². The molecule has 14 heteroatoms. The maximum atomic E-state index is 14.2. The highest BCUT2D eigenvalue weighted by Gasteiger charge is 2.34. The molecule has 1 heterocycles. The van der Waals surface area contributed by atoms with E-state index in [2.05, 4.69) is 10.6 Å². The molecule has 0 saturated heterocycles. The van der Waals surface area contributed by atoms with E-state index < -0.39 is 66.3 Å². The van der Waals surface area contributed by atoms with Crippen LogP contribution in [0, 0.1) is 5.82 Å². The van der Waals surface area contributed by atoms with Gasteiger partial charge in [-0.05, 0) is 32.0 Å². The maximum absolute atomic E-state index is 14.2. The molecule has 1 aromatic carbocycles. The van der Waals surface area contributed by atoms with E-state index in [0.29, 0.717) is 23.5 Å². The summed E-state index contributed by atoms with van der Waals surface area (Å²) in [6.45, 7) is 3.64. The lowest BCUT2D eigenvalue weighted by atomic mass is 10.1. The van der Waals surface area contributed by atoms with Gasteiger partial charge in [0.05, 0.1) is 16.9 Å². The van der Waals surface area contributed by atoms with Gasteiger partial charge in [0, 0.05) is 19.5 Å². The normalized spacial score (nSPS) is 12.2. The number of hydrogen-bond donors (Lipinski definition) is 2. The van der Waals surface area contributed by atoms with Gasteiger partial charge in [0.2, 0.25) is 0 Å². The van der Waals surface area contributed by atoms with Gasteiger partial charge >= 0.3 is 12.1 Å². The first kappa shape index (κ1) is 27.2. The van der Waals surface area contributed by atoms with Crippen LogP contribution >= 0.6 is 11.3 Å². The van der Waals surface area contributed by atoms with Crippen molar-refractivity contribution in [2.45, 2.75) is 42.5 Å². The first-order valence-electron chi connectivity index (χ1n) is 9.43. The Kier molecular flexibility index (Phi) is 7.77. The van der Waals surface area contributed by atoms with Crippen LogP contribution in [0.1, 0.15) is 42.3 Å². The van der Waals surface area contributed by atoms with Gasteiger partial charge in [-0.25, -0.2) is 12.8 Å². The zero-order valence-corrected chi connectivity index (χ0v) is 19.9. The fourth-order valence-electron chi connectivity index (χ4n) is 2.69. The highest BCUT2D eigenvalue weighted by Crippen LogP contribution is 2.35. The molecule has 0 fully saturated rings. The van der Waals surface area contributed by atoms with Crippen LogP contribution in [0.25, 0.3) is 0 Å². The SMILES string of the molecule is CNC(=O)c1cc(S(=O)(=O)Cc2ccc(C(F)(F)F)cc2F)sc1NC(=O)C(C)(C)OC(C)=O.